The van der Waals surface area contributed by atoms with Gasteiger partial charge in [0.05, 0.1) is 11.6 Å². The third kappa shape index (κ3) is 4.34. The van der Waals surface area contributed by atoms with Crippen LogP contribution in [0, 0.1) is 18.3 Å². The molecule has 0 aromatic heterocycles. The molecule has 0 aliphatic carbocycles. The zero-order chi connectivity index (χ0) is 16.8. The first kappa shape index (κ1) is 16.6. The Labute approximate surface area is 139 Å². The number of rotatable bonds is 4. The van der Waals surface area contributed by atoms with Crippen LogP contribution in [0.15, 0.2) is 60.2 Å². The van der Waals surface area contributed by atoms with Gasteiger partial charge in [-0.2, -0.15) is 5.26 Å². The number of nitrogens with zero attached hydrogens (tertiary/aromatic N) is 2. The molecule has 2 aromatic rings. The molecular formula is C21H22N2. The van der Waals surface area contributed by atoms with E-state index >= 15 is 0 Å². The standard InChI is InChI=1S/C21H22N2/c1-16(12-18-8-6-5-7-9-18)13-21(23(3)4)20-11-10-19(15-22)14-17(20)2/h5-14H,1-4H3. The number of hydrogen-bond donors (Lipinski definition) is 0. The summed E-state index contributed by atoms with van der Waals surface area (Å²) < 4.78 is 0. The van der Waals surface area contributed by atoms with E-state index in [1.807, 2.05) is 57.4 Å². The van der Waals surface area contributed by atoms with Gasteiger partial charge in [-0.1, -0.05) is 42.5 Å². The Morgan fingerprint density at radius 3 is 2.35 bits per heavy atom. The maximum absolute atomic E-state index is 9.03. The number of nitriles is 1. The monoisotopic (exact) mass is 302 g/mol. The van der Waals surface area contributed by atoms with Crippen LogP contribution in [0.25, 0.3) is 11.8 Å². The van der Waals surface area contributed by atoms with Gasteiger partial charge in [0.1, 0.15) is 0 Å². The van der Waals surface area contributed by atoms with Crippen molar-refractivity contribution < 1.29 is 0 Å². The first-order valence-corrected chi connectivity index (χ1v) is 7.65. The summed E-state index contributed by atoms with van der Waals surface area (Å²) in [6, 6.07) is 18.3. The van der Waals surface area contributed by atoms with Crippen molar-refractivity contribution in [3.63, 3.8) is 0 Å². The van der Waals surface area contributed by atoms with E-state index in [4.69, 9.17) is 5.26 Å². The van der Waals surface area contributed by atoms with Gasteiger partial charge in [-0.05, 0) is 48.8 Å². The van der Waals surface area contributed by atoms with Gasteiger partial charge in [0.25, 0.3) is 0 Å². The molecule has 0 aliphatic heterocycles. The van der Waals surface area contributed by atoms with E-state index in [1.54, 1.807) is 0 Å². The minimum Gasteiger partial charge on any atom is -0.377 e. The Hall–Kier alpha value is -2.79. The molecule has 2 rings (SSSR count). The van der Waals surface area contributed by atoms with Gasteiger partial charge in [-0.25, -0.2) is 0 Å². The number of allylic oxidation sites excluding steroid dienone is 2. The lowest BCUT2D eigenvalue weighted by molar-refractivity contribution is 0.591. The number of aryl methyl sites for hydroxylation is 1. The van der Waals surface area contributed by atoms with Crippen molar-refractivity contribution in [3.8, 4) is 6.07 Å². The molecule has 23 heavy (non-hydrogen) atoms. The highest BCUT2D eigenvalue weighted by atomic mass is 15.1. The minimum atomic E-state index is 0.695. The zero-order valence-corrected chi connectivity index (χ0v) is 14.2. The van der Waals surface area contributed by atoms with Crippen LogP contribution < -0.4 is 0 Å². The highest BCUT2D eigenvalue weighted by molar-refractivity contribution is 5.71. The Balaban J connectivity index is 2.43. The van der Waals surface area contributed by atoms with Crippen molar-refractivity contribution >= 4 is 11.8 Å². The van der Waals surface area contributed by atoms with Gasteiger partial charge in [-0.3, -0.25) is 0 Å². The Morgan fingerprint density at radius 2 is 1.78 bits per heavy atom. The zero-order valence-electron chi connectivity index (χ0n) is 14.2. The second-order valence-corrected chi connectivity index (χ2v) is 5.86. The smallest absolute Gasteiger partial charge is 0.0991 e. The largest absolute Gasteiger partial charge is 0.377 e. The van der Waals surface area contributed by atoms with Crippen LogP contribution in [-0.4, -0.2) is 19.0 Å². The summed E-state index contributed by atoms with van der Waals surface area (Å²) in [6.45, 7) is 4.15. The predicted octanol–water partition coefficient (Wildman–Crippen LogP) is 4.87. The van der Waals surface area contributed by atoms with Crippen LogP contribution in [0.2, 0.25) is 0 Å². The summed E-state index contributed by atoms with van der Waals surface area (Å²) in [5.74, 6) is 0. The molecule has 2 nitrogen and oxygen atoms in total. The average molecular weight is 302 g/mol. The summed E-state index contributed by atoms with van der Waals surface area (Å²) in [6.07, 6.45) is 4.35. The van der Waals surface area contributed by atoms with E-state index in [0.29, 0.717) is 5.56 Å². The summed E-state index contributed by atoms with van der Waals surface area (Å²) in [7, 11) is 4.08. The molecule has 0 radical (unpaired) electrons. The summed E-state index contributed by atoms with van der Waals surface area (Å²) in [4.78, 5) is 2.11. The van der Waals surface area contributed by atoms with Crippen LogP contribution in [-0.2, 0) is 0 Å². The van der Waals surface area contributed by atoms with Crippen molar-refractivity contribution in [2.75, 3.05) is 14.1 Å². The minimum absolute atomic E-state index is 0.695. The molecule has 0 heterocycles. The highest BCUT2D eigenvalue weighted by Crippen LogP contribution is 2.24. The molecule has 0 spiro atoms. The molecule has 0 bridgehead atoms. The molecule has 0 atom stereocenters. The number of hydrogen-bond acceptors (Lipinski definition) is 2. The molecule has 0 unspecified atom stereocenters. The van der Waals surface area contributed by atoms with Gasteiger partial charge in [0.15, 0.2) is 0 Å². The van der Waals surface area contributed by atoms with E-state index in [9.17, 15) is 0 Å². The van der Waals surface area contributed by atoms with E-state index in [2.05, 4.69) is 42.2 Å². The molecule has 0 N–H and O–H groups in total. The average Bonchev–Trinajstić information content (AvgIpc) is 2.53. The van der Waals surface area contributed by atoms with Crippen molar-refractivity contribution in [1.29, 1.82) is 5.26 Å². The van der Waals surface area contributed by atoms with E-state index in [-0.39, 0.29) is 0 Å². The highest BCUT2D eigenvalue weighted by Gasteiger charge is 2.08. The second kappa shape index (κ2) is 7.47. The van der Waals surface area contributed by atoms with Gasteiger partial charge in [0, 0.05) is 25.4 Å². The van der Waals surface area contributed by atoms with Gasteiger partial charge in [0.2, 0.25) is 0 Å². The van der Waals surface area contributed by atoms with Gasteiger partial charge >= 0.3 is 0 Å². The fraction of sp³-hybridized carbons (Fsp3) is 0.190. The Kier molecular flexibility index (Phi) is 5.38. The normalized spacial score (nSPS) is 12.0. The van der Waals surface area contributed by atoms with Gasteiger partial charge in [-0.15, -0.1) is 0 Å². The Bertz CT molecular complexity index is 775. The lowest BCUT2D eigenvalue weighted by Crippen LogP contribution is -2.11. The van der Waals surface area contributed by atoms with Crippen molar-refractivity contribution in [2.45, 2.75) is 13.8 Å². The predicted molar refractivity (Wildman–Crippen MR) is 97.7 cm³/mol. The summed E-state index contributed by atoms with van der Waals surface area (Å²) in [5.41, 5.74) is 6.46. The molecular weight excluding hydrogens is 280 g/mol. The first-order chi connectivity index (χ1) is 11.0. The van der Waals surface area contributed by atoms with Crippen molar-refractivity contribution in [1.82, 2.24) is 4.90 Å². The topological polar surface area (TPSA) is 27.0 Å². The lowest BCUT2D eigenvalue weighted by Gasteiger charge is -2.20. The molecule has 2 heteroatoms. The SMILES string of the molecule is CC(=Cc1ccccc1)C=C(c1ccc(C#N)cc1C)N(C)C. The fourth-order valence-corrected chi connectivity index (χ4v) is 2.54. The van der Waals surface area contributed by atoms with Crippen LogP contribution in [0.4, 0.5) is 0 Å². The fourth-order valence-electron chi connectivity index (χ4n) is 2.54. The second-order valence-electron chi connectivity index (χ2n) is 5.86. The van der Waals surface area contributed by atoms with Gasteiger partial charge < -0.3 is 4.90 Å². The molecule has 0 aliphatic rings. The van der Waals surface area contributed by atoms with Crippen LogP contribution >= 0.6 is 0 Å². The molecule has 0 fully saturated rings. The van der Waals surface area contributed by atoms with E-state index < -0.39 is 0 Å². The third-order valence-corrected chi connectivity index (χ3v) is 3.67. The Morgan fingerprint density at radius 1 is 1.09 bits per heavy atom. The van der Waals surface area contributed by atoms with Crippen LogP contribution in [0.1, 0.15) is 29.2 Å². The van der Waals surface area contributed by atoms with E-state index in [1.165, 1.54) is 11.1 Å². The number of benzene rings is 2. The maximum atomic E-state index is 9.03. The molecule has 0 saturated heterocycles. The molecule has 0 saturated carbocycles. The molecule has 2 aromatic carbocycles. The maximum Gasteiger partial charge on any atom is 0.0991 e. The van der Waals surface area contributed by atoms with Crippen molar-refractivity contribution in [2.24, 2.45) is 0 Å². The van der Waals surface area contributed by atoms with Crippen molar-refractivity contribution in [3.05, 3.63) is 82.4 Å². The van der Waals surface area contributed by atoms with Crippen LogP contribution in [0.5, 0.6) is 0 Å². The summed E-state index contributed by atoms with van der Waals surface area (Å²) >= 11 is 0. The lowest BCUT2D eigenvalue weighted by atomic mass is 10.0. The summed E-state index contributed by atoms with van der Waals surface area (Å²) in [5, 5.41) is 9.03. The molecule has 0 amide bonds. The molecule has 116 valence electrons. The van der Waals surface area contributed by atoms with E-state index in [0.717, 1.165) is 16.8 Å². The van der Waals surface area contributed by atoms with Crippen LogP contribution in [0.3, 0.4) is 0 Å². The first-order valence-electron chi connectivity index (χ1n) is 7.65. The quantitative estimate of drug-likeness (QED) is 0.753. The third-order valence-electron chi connectivity index (χ3n) is 3.67.